The van der Waals surface area contributed by atoms with Crippen molar-refractivity contribution in [1.29, 1.82) is 0 Å². The highest BCUT2D eigenvalue weighted by Gasteiger charge is 2.18. The second kappa shape index (κ2) is 8.06. The zero-order chi connectivity index (χ0) is 21.1. The molecule has 0 saturated heterocycles. The minimum atomic E-state index is -0.673. The lowest BCUT2D eigenvalue weighted by molar-refractivity contribution is 0.0707. The van der Waals surface area contributed by atoms with E-state index in [-0.39, 0.29) is 17.0 Å². The lowest BCUT2D eigenvalue weighted by Crippen LogP contribution is -2.20. The second-order valence-electron chi connectivity index (χ2n) is 6.70. The minimum absolute atomic E-state index is 0.0420. The molecule has 0 unspecified atom stereocenters. The summed E-state index contributed by atoms with van der Waals surface area (Å²) in [6.45, 7) is 0. The maximum atomic E-state index is 13.1. The molecule has 0 aliphatic heterocycles. The summed E-state index contributed by atoms with van der Waals surface area (Å²) >= 11 is 0. The SMILES string of the molecule is O=C(NO)c1ccccc1-c1ccccc1C(=O)Nc1cc2ccccc2cc1O. The van der Waals surface area contributed by atoms with E-state index in [1.54, 1.807) is 66.1 Å². The van der Waals surface area contributed by atoms with E-state index < -0.39 is 11.8 Å². The van der Waals surface area contributed by atoms with Crippen LogP contribution in [-0.4, -0.2) is 22.1 Å². The number of rotatable bonds is 4. The van der Waals surface area contributed by atoms with E-state index in [4.69, 9.17) is 5.21 Å². The summed E-state index contributed by atoms with van der Waals surface area (Å²) in [5.41, 5.74) is 3.49. The third-order valence-electron chi connectivity index (χ3n) is 4.85. The van der Waals surface area contributed by atoms with Gasteiger partial charge in [-0.2, -0.15) is 0 Å². The fourth-order valence-electron chi connectivity index (χ4n) is 3.41. The van der Waals surface area contributed by atoms with Crippen molar-refractivity contribution in [3.8, 4) is 16.9 Å². The van der Waals surface area contributed by atoms with Crippen LogP contribution in [0.25, 0.3) is 21.9 Å². The average molecular weight is 398 g/mol. The van der Waals surface area contributed by atoms with Gasteiger partial charge in [-0.05, 0) is 46.2 Å². The number of nitrogens with one attached hydrogen (secondary N) is 2. The summed E-state index contributed by atoms with van der Waals surface area (Å²) in [5, 5.41) is 23.9. The lowest BCUT2D eigenvalue weighted by atomic mass is 9.94. The Labute approximate surface area is 172 Å². The van der Waals surface area contributed by atoms with Crippen molar-refractivity contribution < 1.29 is 19.9 Å². The number of anilines is 1. The van der Waals surface area contributed by atoms with Crippen molar-refractivity contribution in [1.82, 2.24) is 5.48 Å². The molecule has 0 bridgehead atoms. The standard InChI is InChI=1S/C24H18N2O4/c27-22-14-16-8-2-1-7-15(16)13-21(22)25-23(28)19-11-5-3-9-17(19)18-10-4-6-12-20(18)24(29)26-30/h1-14,27,30H,(H,25,28)(H,26,29). The number of aromatic hydroxyl groups is 1. The maximum Gasteiger partial charge on any atom is 0.275 e. The van der Waals surface area contributed by atoms with E-state index in [2.05, 4.69) is 5.32 Å². The van der Waals surface area contributed by atoms with Crippen molar-refractivity contribution in [2.24, 2.45) is 0 Å². The highest BCUT2D eigenvalue weighted by molar-refractivity contribution is 6.12. The highest BCUT2D eigenvalue weighted by Crippen LogP contribution is 2.32. The van der Waals surface area contributed by atoms with Crippen LogP contribution in [-0.2, 0) is 0 Å². The van der Waals surface area contributed by atoms with Gasteiger partial charge in [0.25, 0.3) is 11.8 Å². The van der Waals surface area contributed by atoms with Gasteiger partial charge in [0.05, 0.1) is 5.69 Å². The lowest BCUT2D eigenvalue weighted by Gasteiger charge is -2.14. The quantitative estimate of drug-likeness (QED) is 0.230. The van der Waals surface area contributed by atoms with Gasteiger partial charge in [-0.3, -0.25) is 14.8 Å². The van der Waals surface area contributed by atoms with E-state index in [1.807, 2.05) is 24.3 Å². The molecule has 6 heteroatoms. The molecule has 0 heterocycles. The van der Waals surface area contributed by atoms with Gasteiger partial charge in [-0.15, -0.1) is 0 Å². The van der Waals surface area contributed by atoms with Crippen LogP contribution >= 0.6 is 0 Å². The van der Waals surface area contributed by atoms with Crippen LogP contribution in [0.4, 0.5) is 5.69 Å². The molecule has 0 fully saturated rings. The molecule has 0 aromatic heterocycles. The Balaban J connectivity index is 1.74. The van der Waals surface area contributed by atoms with E-state index in [9.17, 15) is 14.7 Å². The molecule has 4 aromatic rings. The maximum absolute atomic E-state index is 13.1. The summed E-state index contributed by atoms with van der Waals surface area (Å²) in [4.78, 5) is 25.1. The van der Waals surface area contributed by atoms with Crippen molar-refractivity contribution in [2.75, 3.05) is 5.32 Å². The Hall–Kier alpha value is -4.16. The molecule has 0 aliphatic rings. The number of hydrogen-bond donors (Lipinski definition) is 4. The first kappa shape index (κ1) is 19.2. The summed E-state index contributed by atoms with van der Waals surface area (Å²) in [7, 11) is 0. The number of hydrogen-bond acceptors (Lipinski definition) is 4. The number of carbonyl (C=O) groups is 2. The van der Waals surface area contributed by atoms with Gasteiger partial charge in [0.2, 0.25) is 0 Å². The Morgan fingerprint density at radius 2 is 1.17 bits per heavy atom. The molecule has 0 aliphatic carbocycles. The van der Waals surface area contributed by atoms with Gasteiger partial charge in [0.15, 0.2) is 0 Å². The predicted molar refractivity (Wildman–Crippen MR) is 115 cm³/mol. The highest BCUT2D eigenvalue weighted by atomic mass is 16.5. The number of phenols is 1. The predicted octanol–water partition coefficient (Wildman–Crippen LogP) is 4.58. The monoisotopic (exact) mass is 398 g/mol. The molecule has 4 rings (SSSR count). The van der Waals surface area contributed by atoms with E-state index >= 15 is 0 Å². The largest absolute Gasteiger partial charge is 0.506 e. The van der Waals surface area contributed by atoms with Crippen LogP contribution in [0.1, 0.15) is 20.7 Å². The number of hydroxylamine groups is 1. The van der Waals surface area contributed by atoms with Gasteiger partial charge in [-0.1, -0.05) is 60.7 Å². The summed E-state index contributed by atoms with van der Waals surface area (Å²) in [6.07, 6.45) is 0. The molecule has 0 spiro atoms. The molecule has 0 saturated carbocycles. The molecule has 4 aromatic carbocycles. The smallest absolute Gasteiger partial charge is 0.275 e. The Morgan fingerprint density at radius 1 is 0.667 bits per heavy atom. The Kier molecular flexibility index (Phi) is 5.15. The Bertz CT molecular complexity index is 1270. The van der Waals surface area contributed by atoms with Crippen LogP contribution in [0.3, 0.4) is 0 Å². The molecule has 2 amide bonds. The van der Waals surface area contributed by atoms with Crippen LogP contribution in [0.15, 0.2) is 84.9 Å². The summed E-state index contributed by atoms with van der Waals surface area (Å²) < 4.78 is 0. The first-order valence-corrected chi connectivity index (χ1v) is 9.24. The van der Waals surface area contributed by atoms with Gasteiger partial charge < -0.3 is 10.4 Å². The second-order valence-corrected chi connectivity index (χ2v) is 6.70. The number of phenolic OH excluding ortho intramolecular Hbond substituents is 1. The molecule has 0 radical (unpaired) electrons. The van der Waals surface area contributed by atoms with Crippen LogP contribution < -0.4 is 10.8 Å². The number of amides is 2. The van der Waals surface area contributed by atoms with Crippen LogP contribution in [0.2, 0.25) is 0 Å². The fourth-order valence-corrected chi connectivity index (χ4v) is 3.41. The molecule has 0 atom stereocenters. The number of carbonyl (C=O) groups excluding carboxylic acids is 2. The molecule has 6 nitrogen and oxygen atoms in total. The van der Waals surface area contributed by atoms with Crippen molar-refractivity contribution in [3.05, 3.63) is 96.1 Å². The zero-order valence-corrected chi connectivity index (χ0v) is 15.8. The topological polar surface area (TPSA) is 98.7 Å². The number of benzene rings is 4. The van der Waals surface area contributed by atoms with Crippen molar-refractivity contribution >= 4 is 28.3 Å². The van der Waals surface area contributed by atoms with E-state index in [0.717, 1.165) is 10.8 Å². The average Bonchev–Trinajstić information content (AvgIpc) is 2.79. The van der Waals surface area contributed by atoms with E-state index in [0.29, 0.717) is 16.7 Å². The summed E-state index contributed by atoms with van der Waals surface area (Å²) in [6, 6.07) is 24.3. The van der Waals surface area contributed by atoms with Gasteiger partial charge in [0.1, 0.15) is 5.75 Å². The number of fused-ring (bicyclic) bond motifs is 1. The first-order chi connectivity index (χ1) is 14.6. The van der Waals surface area contributed by atoms with E-state index in [1.165, 1.54) is 0 Å². The van der Waals surface area contributed by atoms with Crippen LogP contribution in [0, 0.1) is 0 Å². The molecular formula is C24H18N2O4. The fraction of sp³-hybridized carbons (Fsp3) is 0. The van der Waals surface area contributed by atoms with Gasteiger partial charge in [-0.25, -0.2) is 5.48 Å². The molecular weight excluding hydrogens is 380 g/mol. The molecule has 148 valence electrons. The third kappa shape index (κ3) is 3.59. The zero-order valence-electron chi connectivity index (χ0n) is 15.8. The van der Waals surface area contributed by atoms with Crippen molar-refractivity contribution in [2.45, 2.75) is 0 Å². The molecule has 30 heavy (non-hydrogen) atoms. The molecule has 4 N–H and O–H groups in total. The van der Waals surface area contributed by atoms with Crippen LogP contribution in [0.5, 0.6) is 5.75 Å². The van der Waals surface area contributed by atoms with Gasteiger partial charge in [0, 0.05) is 11.1 Å². The third-order valence-corrected chi connectivity index (χ3v) is 4.85. The minimum Gasteiger partial charge on any atom is -0.506 e. The summed E-state index contributed by atoms with van der Waals surface area (Å²) in [5.74, 6) is -1.15. The normalized spacial score (nSPS) is 10.6. The first-order valence-electron chi connectivity index (χ1n) is 9.24. The Morgan fingerprint density at radius 3 is 1.77 bits per heavy atom. The van der Waals surface area contributed by atoms with Crippen molar-refractivity contribution in [3.63, 3.8) is 0 Å². The van der Waals surface area contributed by atoms with Gasteiger partial charge >= 0.3 is 0 Å².